The molecule has 1 unspecified atom stereocenters. The largest absolute Gasteiger partial charge is 0.0891 e. The minimum absolute atomic E-state index is 0.720. The van der Waals surface area contributed by atoms with Crippen molar-refractivity contribution in [2.24, 2.45) is 0 Å². The molecule has 0 heterocycles. The van der Waals surface area contributed by atoms with E-state index >= 15 is 0 Å². The molecule has 49 valence electrons. The van der Waals surface area contributed by atoms with Crippen LogP contribution in [0.2, 0.25) is 0 Å². The van der Waals surface area contributed by atoms with Crippen LogP contribution in [0.5, 0.6) is 0 Å². The molecule has 0 aromatic carbocycles. The van der Waals surface area contributed by atoms with Crippen molar-refractivity contribution < 1.29 is 0 Å². The highest BCUT2D eigenvalue weighted by Crippen LogP contribution is 2.12. The van der Waals surface area contributed by atoms with Crippen LogP contribution in [0.3, 0.4) is 0 Å². The first-order valence-electron chi connectivity index (χ1n) is 3.23. The zero-order valence-electron chi connectivity index (χ0n) is 5.65. The Bertz CT molecular complexity index is 37.7. The number of rotatable bonds is 4. The number of halogens is 1. The van der Waals surface area contributed by atoms with Gasteiger partial charge in [-0.2, -0.15) is 0 Å². The van der Waals surface area contributed by atoms with Gasteiger partial charge in [-0.3, -0.25) is 0 Å². The maximum Gasteiger partial charge on any atom is 0.0148 e. The van der Waals surface area contributed by atoms with Gasteiger partial charge in [0.05, 0.1) is 0 Å². The van der Waals surface area contributed by atoms with Gasteiger partial charge >= 0.3 is 0 Å². The summed E-state index contributed by atoms with van der Waals surface area (Å²) in [4.78, 5) is 0.720. The maximum absolute atomic E-state index is 3.57. The van der Waals surface area contributed by atoms with E-state index in [0.717, 1.165) is 4.83 Å². The van der Waals surface area contributed by atoms with Crippen molar-refractivity contribution in [3.8, 4) is 0 Å². The minimum atomic E-state index is 0.720. The second-order valence-electron chi connectivity index (χ2n) is 2.03. The third-order valence-electron chi connectivity index (χ3n) is 1.09. The lowest BCUT2D eigenvalue weighted by Gasteiger charge is -2.03. The quantitative estimate of drug-likeness (QED) is 0.580. The molecule has 1 heteroatoms. The van der Waals surface area contributed by atoms with E-state index in [1.165, 1.54) is 19.3 Å². The van der Waals surface area contributed by atoms with Crippen molar-refractivity contribution in [3.63, 3.8) is 0 Å². The average molecular weight is 178 g/mol. The van der Waals surface area contributed by atoms with Gasteiger partial charge in [0.15, 0.2) is 0 Å². The summed E-state index contributed by atoms with van der Waals surface area (Å²) in [5.41, 5.74) is 0. The molecule has 0 aliphatic heterocycles. The van der Waals surface area contributed by atoms with E-state index in [4.69, 9.17) is 0 Å². The van der Waals surface area contributed by atoms with Crippen molar-refractivity contribution in [3.05, 3.63) is 6.42 Å². The molecule has 0 fully saturated rings. The van der Waals surface area contributed by atoms with E-state index in [2.05, 4.69) is 36.2 Å². The topological polar surface area (TPSA) is 0 Å². The molecule has 0 aliphatic rings. The Morgan fingerprint density at radius 2 is 2.25 bits per heavy atom. The van der Waals surface area contributed by atoms with Gasteiger partial charge < -0.3 is 0 Å². The van der Waals surface area contributed by atoms with Crippen LogP contribution in [0.4, 0.5) is 0 Å². The normalized spacial score (nSPS) is 10.5. The molecule has 0 aliphatic carbocycles. The Morgan fingerprint density at radius 1 is 1.62 bits per heavy atom. The van der Waals surface area contributed by atoms with Gasteiger partial charge in [0.25, 0.3) is 0 Å². The number of hydrogen-bond acceptors (Lipinski definition) is 0. The van der Waals surface area contributed by atoms with Crippen molar-refractivity contribution in [2.75, 3.05) is 0 Å². The summed E-state index contributed by atoms with van der Waals surface area (Å²) >= 11 is 3.57. The van der Waals surface area contributed by atoms with Crippen LogP contribution in [0.1, 0.15) is 33.1 Å². The smallest absolute Gasteiger partial charge is 0.0148 e. The minimum Gasteiger partial charge on any atom is -0.0891 e. The molecule has 0 nitrogen and oxygen atoms in total. The molecule has 1 atom stereocenters. The molecule has 0 saturated heterocycles. The first kappa shape index (κ1) is 8.48. The molecular formula is C7H14Br. The van der Waals surface area contributed by atoms with Crippen molar-refractivity contribution >= 4 is 15.9 Å². The van der Waals surface area contributed by atoms with Crippen LogP contribution in [0.15, 0.2) is 0 Å². The van der Waals surface area contributed by atoms with Crippen LogP contribution in [0, 0.1) is 6.42 Å². The predicted molar refractivity (Wildman–Crippen MR) is 42.2 cm³/mol. The van der Waals surface area contributed by atoms with Crippen LogP contribution in [0.25, 0.3) is 0 Å². The van der Waals surface area contributed by atoms with Gasteiger partial charge in [0.2, 0.25) is 0 Å². The van der Waals surface area contributed by atoms with Gasteiger partial charge in [-0.1, -0.05) is 36.2 Å². The first-order valence-corrected chi connectivity index (χ1v) is 4.14. The fraction of sp³-hybridized carbons (Fsp3) is 0.857. The Labute approximate surface area is 60.8 Å². The van der Waals surface area contributed by atoms with E-state index < -0.39 is 0 Å². The Morgan fingerprint density at radius 3 is 2.62 bits per heavy atom. The van der Waals surface area contributed by atoms with E-state index in [1.54, 1.807) is 0 Å². The van der Waals surface area contributed by atoms with Gasteiger partial charge in [0, 0.05) is 4.83 Å². The molecule has 0 bridgehead atoms. The maximum atomic E-state index is 3.57. The van der Waals surface area contributed by atoms with Crippen molar-refractivity contribution in [1.82, 2.24) is 0 Å². The lowest BCUT2D eigenvalue weighted by atomic mass is 10.2. The molecule has 0 N–H and O–H groups in total. The van der Waals surface area contributed by atoms with Gasteiger partial charge in [-0.05, 0) is 19.3 Å². The van der Waals surface area contributed by atoms with E-state index in [1.807, 2.05) is 0 Å². The number of hydrogen-bond donors (Lipinski definition) is 0. The molecular weight excluding hydrogens is 164 g/mol. The second kappa shape index (κ2) is 5.61. The summed E-state index contributed by atoms with van der Waals surface area (Å²) in [5, 5.41) is 0. The molecule has 0 rings (SSSR count). The summed E-state index contributed by atoms with van der Waals surface area (Å²) in [6.07, 6.45) is 5.98. The highest BCUT2D eigenvalue weighted by atomic mass is 79.9. The highest BCUT2D eigenvalue weighted by Gasteiger charge is 1.98. The zero-order chi connectivity index (χ0) is 6.41. The highest BCUT2D eigenvalue weighted by molar-refractivity contribution is 9.09. The summed E-state index contributed by atoms with van der Waals surface area (Å²) in [6.45, 7) is 4.31. The van der Waals surface area contributed by atoms with Gasteiger partial charge in [-0.25, -0.2) is 0 Å². The van der Waals surface area contributed by atoms with Crippen LogP contribution in [-0.2, 0) is 0 Å². The standard InChI is InChI=1S/C7H14Br/c1-3-5-7(8)6-4-2/h3,7H,4-6H2,1-2H3. The number of alkyl halides is 1. The van der Waals surface area contributed by atoms with Gasteiger partial charge in [-0.15, -0.1) is 0 Å². The molecule has 0 aromatic rings. The molecule has 0 aromatic heterocycles. The molecule has 1 radical (unpaired) electrons. The molecule has 0 spiro atoms. The molecule has 0 saturated carbocycles. The van der Waals surface area contributed by atoms with E-state index in [-0.39, 0.29) is 0 Å². The van der Waals surface area contributed by atoms with Crippen molar-refractivity contribution in [2.45, 2.75) is 37.9 Å². The fourth-order valence-corrected chi connectivity index (χ4v) is 1.52. The predicted octanol–water partition coefficient (Wildman–Crippen LogP) is 3.16. The van der Waals surface area contributed by atoms with Crippen LogP contribution < -0.4 is 0 Å². The SMILES string of the molecule is C[CH]CC(Br)CCC. The second-order valence-corrected chi connectivity index (χ2v) is 3.32. The molecule has 0 amide bonds. The van der Waals surface area contributed by atoms with E-state index in [0.29, 0.717) is 0 Å². The lowest BCUT2D eigenvalue weighted by molar-refractivity contribution is 0.738. The lowest BCUT2D eigenvalue weighted by Crippen LogP contribution is -1.94. The first-order chi connectivity index (χ1) is 3.81. The third kappa shape index (κ3) is 4.63. The summed E-state index contributed by atoms with van der Waals surface area (Å²) < 4.78 is 0. The Kier molecular flexibility index (Phi) is 5.95. The fourth-order valence-electron chi connectivity index (χ4n) is 0.687. The Hall–Kier alpha value is 0.480. The monoisotopic (exact) mass is 177 g/mol. The van der Waals surface area contributed by atoms with Crippen LogP contribution >= 0.6 is 15.9 Å². The van der Waals surface area contributed by atoms with Crippen molar-refractivity contribution in [1.29, 1.82) is 0 Å². The van der Waals surface area contributed by atoms with E-state index in [9.17, 15) is 0 Å². The summed E-state index contributed by atoms with van der Waals surface area (Å²) in [6, 6.07) is 0. The van der Waals surface area contributed by atoms with Crippen LogP contribution in [-0.4, -0.2) is 4.83 Å². The summed E-state index contributed by atoms with van der Waals surface area (Å²) in [7, 11) is 0. The summed E-state index contributed by atoms with van der Waals surface area (Å²) in [5.74, 6) is 0. The Balaban J connectivity index is 2.92. The molecule has 8 heavy (non-hydrogen) atoms. The van der Waals surface area contributed by atoms with Gasteiger partial charge in [0.1, 0.15) is 0 Å². The third-order valence-corrected chi connectivity index (χ3v) is 1.93. The average Bonchev–Trinajstić information content (AvgIpc) is 1.68. The zero-order valence-corrected chi connectivity index (χ0v) is 7.24.